The molecule has 1 atom stereocenters. The molecular formula is C63H41N3O2. The third-order valence-electron chi connectivity index (χ3n) is 13.2. The SMILES string of the molecule is c1ccc(-c2ccc(C3=NC(c4ccc5c(c4)oc4cccc(-c6cc(-c7ccccc7)cc(-c7ccccc7)c6)c45)=NC(c4ccccc4-c4ccc5oc6ccccc6c5c4)N3)cc2)cc1. The molecule has 0 saturated carbocycles. The van der Waals surface area contributed by atoms with Crippen LogP contribution in [0, 0.1) is 0 Å². The fourth-order valence-electron chi connectivity index (χ4n) is 9.81. The first-order valence-corrected chi connectivity index (χ1v) is 23.0. The molecule has 5 heteroatoms. The molecule has 2 aromatic heterocycles. The highest BCUT2D eigenvalue weighted by Gasteiger charge is 2.25. The molecule has 10 aromatic carbocycles. The Morgan fingerprint density at radius 3 is 1.62 bits per heavy atom. The van der Waals surface area contributed by atoms with Crippen LogP contribution in [0.2, 0.25) is 0 Å². The smallest absolute Gasteiger partial charge is 0.159 e. The molecule has 5 nitrogen and oxygen atoms in total. The van der Waals surface area contributed by atoms with Crippen molar-refractivity contribution < 1.29 is 8.83 Å². The van der Waals surface area contributed by atoms with E-state index in [9.17, 15) is 0 Å². The van der Waals surface area contributed by atoms with Crippen LogP contribution in [0.3, 0.4) is 0 Å². The minimum atomic E-state index is -0.451. The maximum Gasteiger partial charge on any atom is 0.159 e. The summed E-state index contributed by atoms with van der Waals surface area (Å²) in [5.41, 5.74) is 17.6. The molecule has 1 aliphatic rings. The van der Waals surface area contributed by atoms with Crippen LogP contribution in [0.5, 0.6) is 0 Å². The molecule has 0 radical (unpaired) electrons. The Hall–Kier alpha value is -9.06. The van der Waals surface area contributed by atoms with Crippen LogP contribution >= 0.6 is 0 Å². The Bertz CT molecular complexity index is 3870. The van der Waals surface area contributed by atoms with E-state index >= 15 is 0 Å². The van der Waals surface area contributed by atoms with Crippen LogP contribution < -0.4 is 5.32 Å². The van der Waals surface area contributed by atoms with Crippen LogP contribution in [-0.4, -0.2) is 11.7 Å². The Balaban J connectivity index is 0.935. The summed E-state index contributed by atoms with van der Waals surface area (Å²) in [6.07, 6.45) is -0.451. The van der Waals surface area contributed by atoms with Crippen molar-refractivity contribution in [3.8, 4) is 55.6 Å². The predicted molar refractivity (Wildman–Crippen MR) is 280 cm³/mol. The van der Waals surface area contributed by atoms with Crippen molar-refractivity contribution in [2.75, 3.05) is 0 Å². The Morgan fingerprint density at radius 1 is 0.324 bits per heavy atom. The molecule has 1 aliphatic heterocycles. The van der Waals surface area contributed by atoms with Crippen LogP contribution in [0.1, 0.15) is 22.9 Å². The van der Waals surface area contributed by atoms with Gasteiger partial charge in [0.15, 0.2) is 5.84 Å². The number of fused-ring (bicyclic) bond motifs is 6. The minimum absolute atomic E-state index is 0.451. The molecule has 1 unspecified atom stereocenters. The van der Waals surface area contributed by atoms with Crippen molar-refractivity contribution in [1.82, 2.24) is 5.32 Å². The van der Waals surface area contributed by atoms with Crippen molar-refractivity contribution in [2.24, 2.45) is 9.98 Å². The third kappa shape index (κ3) is 7.05. The first-order valence-electron chi connectivity index (χ1n) is 23.0. The number of hydrogen-bond acceptors (Lipinski definition) is 5. The number of nitrogens with one attached hydrogen (secondary N) is 1. The van der Waals surface area contributed by atoms with Gasteiger partial charge in [-0.15, -0.1) is 0 Å². The van der Waals surface area contributed by atoms with Gasteiger partial charge in [-0.3, -0.25) is 0 Å². The number of aliphatic imine (C=N–C) groups is 2. The number of furan rings is 2. The van der Waals surface area contributed by atoms with E-state index in [0.29, 0.717) is 5.84 Å². The fraction of sp³-hybridized carbons (Fsp3) is 0.0159. The Kier molecular flexibility index (Phi) is 9.50. The normalized spacial score (nSPS) is 13.7. The summed E-state index contributed by atoms with van der Waals surface area (Å²) in [5.74, 6) is 1.36. The molecule has 68 heavy (non-hydrogen) atoms. The molecule has 1 N–H and O–H groups in total. The second kappa shape index (κ2) is 16.4. The van der Waals surface area contributed by atoms with Gasteiger partial charge < -0.3 is 14.2 Å². The molecule has 12 aromatic rings. The topological polar surface area (TPSA) is 63.0 Å². The van der Waals surface area contributed by atoms with Gasteiger partial charge in [-0.25, -0.2) is 9.98 Å². The maximum atomic E-state index is 6.76. The Morgan fingerprint density at radius 2 is 0.868 bits per heavy atom. The molecule has 0 bridgehead atoms. The van der Waals surface area contributed by atoms with E-state index in [1.807, 2.05) is 18.2 Å². The summed E-state index contributed by atoms with van der Waals surface area (Å²) < 4.78 is 13.0. The van der Waals surface area contributed by atoms with Gasteiger partial charge in [0, 0.05) is 38.2 Å². The lowest BCUT2D eigenvalue weighted by molar-refractivity contribution is 0.667. The van der Waals surface area contributed by atoms with Crippen LogP contribution in [0.25, 0.3) is 99.5 Å². The van der Waals surface area contributed by atoms with Crippen molar-refractivity contribution in [3.05, 3.63) is 253 Å². The average molecular weight is 872 g/mol. The van der Waals surface area contributed by atoms with E-state index < -0.39 is 6.17 Å². The monoisotopic (exact) mass is 871 g/mol. The third-order valence-corrected chi connectivity index (χ3v) is 13.2. The Labute approximate surface area is 393 Å². The van der Waals surface area contributed by atoms with Crippen LogP contribution in [-0.2, 0) is 0 Å². The number of nitrogens with zero attached hydrogens (tertiary/aromatic N) is 2. The number of amidine groups is 2. The number of para-hydroxylation sites is 1. The quantitative estimate of drug-likeness (QED) is 0.165. The summed E-state index contributed by atoms with van der Waals surface area (Å²) in [4.78, 5) is 10.7. The van der Waals surface area contributed by atoms with Gasteiger partial charge in [0.2, 0.25) is 0 Å². The zero-order valence-corrected chi connectivity index (χ0v) is 36.8. The molecular weight excluding hydrogens is 831 g/mol. The van der Waals surface area contributed by atoms with E-state index in [1.54, 1.807) is 0 Å². The number of benzene rings is 10. The fourth-order valence-corrected chi connectivity index (χ4v) is 9.81. The van der Waals surface area contributed by atoms with E-state index in [2.05, 4.69) is 224 Å². The lowest BCUT2D eigenvalue weighted by atomic mass is 9.91. The summed E-state index contributed by atoms with van der Waals surface area (Å²) in [6, 6.07) is 83.0. The molecule has 3 heterocycles. The first-order chi connectivity index (χ1) is 33.7. The lowest BCUT2D eigenvalue weighted by Gasteiger charge is -2.25. The molecule has 0 saturated heterocycles. The van der Waals surface area contributed by atoms with Crippen LogP contribution in [0.4, 0.5) is 0 Å². The molecule has 0 amide bonds. The summed E-state index contributed by atoms with van der Waals surface area (Å²) in [6.45, 7) is 0. The standard InChI is InChI=1S/C63H41N3O2/c1-4-15-40(16-5-1)43-27-29-44(30-28-43)61-64-62(66-63(65-61)53-23-11-10-21-50(53)45-32-34-57-55(38-45)52-22-12-13-25-56(52)67-57)46-31-33-54-59(39-46)68-58-26-14-24-51(60(54)58)49-36-47(41-17-6-2-7-18-41)35-48(37-49)42-19-8-3-9-20-42/h1-39,63H,(H,64,65,66). The number of rotatable bonds is 8. The van der Waals surface area contributed by atoms with Crippen molar-refractivity contribution >= 4 is 55.5 Å². The first kappa shape index (κ1) is 39.3. The highest BCUT2D eigenvalue weighted by atomic mass is 16.3. The molecule has 320 valence electrons. The predicted octanol–water partition coefficient (Wildman–Crippen LogP) is 16.3. The van der Waals surface area contributed by atoms with Gasteiger partial charge in [-0.1, -0.05) is 182 Å². The van der Waals surface area contributed by atoms with Crippen molar-refractivity contribution in [2.45, 2.75) is 6.17 Å². The van der Waals surface area contributed by atoms with Gasteiger partial charge in [0.25, 0.3) is 0 Å². The van der Waals surface area contributed by atoms with Crippen molar-refractivity contribution in [1.29, 1.82) is 0 Å². The zero-order chi connectivity index (χ0) is 45.0. The second-order valence-corrected chi connectivity index (χ2v) is 17.3. The maximum absolute atomic E-state index is 6.76. The summed E-state index contributed by atoms with van der Waals surface area (Å²) in [5, 5.41) is 8.03. The van der Waals surface area contributed by atoms with Gasteiger partial charge in [-0.2, -0.15) is 0 Å². The van der Waals surface area contributed by atoms with E-state index in [1.165, 1.54) is 11.1 Å². The minimum Gasteiger partial charge on any atom is -0.456 e. The van der Waals surface area contributed by atoms with Crippen molar-refractivity contribution in [3.63, 3.8) is 0 Å². The summed E-state index contributed by atoms with van der Waals surface area (Å²) >= 11 is 0. The van der Waals surface area contributed by atoms with Gasteiger partial charge >= 0.3 is 0 Å². The van der Waals surface area contributed by atoms with Gasteiger partial charge in [0.05, 0.1) is 0 Å². The van der Waals surface area contributed by atoms with E-state index in [0.717, 1.165) is 111 Å². The van der Waals surface area contributed by atoms with Crippen LogP contribution in [0.15, 0.2) is 255 Å². The van der Waals surface area contributed by atoms with Gasteiger partial charge in [0.1, 0.15) is 34.3 Å². The summed E-state index contributed by atoms with van der Waals surface area (Å²) in [7, 11) is 0. The average Bonchev–Trinajstić information content (AvgIpc) is 3.99. The highest BCUT2D eigenvalue weighted by molar-refractivity contribution is 6.17. The zero-order valence-electron chi connectivity index (χ0n) is 36.8. The van der Waals surface area contributed by atoms with E-state index in [4.69, 9.17) is 18.8 Å². The molecule has 0 fully saturated rings. The van der Waals surface area contributed by atoms with Gasteiger partial charge in [-0.05, 0) is 110 Å². The number of hydrogen-bond donors (Lipinski definition) is 1. The largest absolute Gasteiger partial charge is 0.456 e. The molecule has 0 spiro atoms. The lowest BCUT2D eigenvalue weighted by Crippen LogP contribution is -2.33. The molecule has 13 rings (SSSR count). The van der Waals surface area contributed by atoms with E-state index in [-0.39, 0.29) is 0 Å². The molecule has 0 aliphatic carbocycles. The highest BCUT2D eigenvalue weighted by Crippen LogP contribution is 2.41. The second-order valence-electron chi connectivity index (χ2n) is 17.3.